The second-order valence-corrected chi connectivity index (χ2v) is 7.09. The number of halogens is 1. The molecule has 1 aromatic carbocycles. The zero-order chi connectivity index (χ0) is 17.2. The maximum absolute atomic E-state index is 13.7. The van der Waals surface area contributed by atoms with Crippen LogP contribution in [-0.2, 0) is 9.47 Å². The van der Waals surface area contributed by atoms with Crippen LogP contribution in [0.2, 0.25) is 0 Å². The average molecular weight is 333 g/mol. The number of nitriles is 1. The Labute approximate surface area is 141 Å². The topological polar surface area (TPSA) is 80.3 Å². The van der Waals surface area contributed by atoms with Crippen LogP contribution in [0.3, 0.4) is 0 Å². The zero-order valence-corrected chi connectivity index (χ0v) is 14.0. The van der Waals surface area contributed by atoms with Crippen molar-refractivity contribution >= 4 is 11.4 Å². The molecule has 5 nitrogen and oxygen atoms in total. The first-order chi connectivity index (χ1) is 11.5. The summed E-state index contributed by atoms with van der Waals surface area (Å²) >= 11 is 0. The summed E-state index contributed by atoms with van der Waals surface area (Å²) in [4.78, 5) is 0. The van der Waals surface area contributed by atoms with Gasteiger partial charge in [-0.1, -0.05) is 6.92 Å². The highest BCUT2D eigenvalue weighted by Crippen LogP contribution is 2.48. The largest absolute Gasteiger partial charge is 0.397 e. The summed E-state index contributed by atoms with van der Waals surface area (Å²) in [6.45, 7) is 3.38. The molecule has 6 heteroatoms. The monoisotopic (exact) mass is 333 g/mol. The van der Waals surface area contributed by atoms with E-state index in [0.717, 1.165) is 12.8 Å². The highest BCUT2D eigenvalue weighted by Gasteiger charge is 2.49. The Bertz CT molecular complexity index is 640. The summed E-state index contributed by atoms with van der Waals surface area (Å²) in [7, 11) is 0. The number of hydrogen-bond donors (Lipinski definition) is 2. The lowest BCUT2D eigenvalue weighted by Crippen LogP contribution is -2.48. The molecule has 24 heavy (non-hydrogen) atoms. The molecule has 2 unspecified atom stereocenters. The minimum Gasteiger partial charge on any atom is -0.397 e. The van der Waals surface area contributed by atoms with E-state index in [9.17, 15) is 4.39 Å². The Hall–Kier alpha value is -1.84. The molecule has 1 aromatic rings. The van der Waals surface area contributed by atoms with Crippen LogP contribution in [-0.4, -0.2) is 32.2 Å². The molecule has 1 aliphatic carbocycles. The van der Waals surface area contributed by atoms with E-state index in [0.29, 0.717) is 43.1 Å². The molecule has 1 heterocycles. The fourth-order valence-electron chi connectivity index (χ4n) is 3.67. The lowest BCUT2D eigenvalue weighted by Gasteiger charge is -2.46. The third-order valence-electron chi connectivity index (χ3n) is 5.46. The van der Waals surface area contributed by atoms with E-state index in [4.69, 9.17) is 20.5 Å². The number of nitrogens with zero attached hydrogens (tertiary/aromatic N) is 1. The van der Waals surface area contributed by atoms with Crippen molar-refractivity contribution < 1.29 is 13.9 Å². The van der Waals surface area contributed by atoms with Gasteiger partial charge >= 0.3 is 0 Å². The summed E-state index contributed by atoms with van der Waals surface area (Å²) < 4.78 is 25.4. The number of ether oxygens (including phenoxy) is 2. The molecule has 1 saturated carbocycles. The Morgan fingerprint density at radius 1 is 1.38 bits per heavy atom. The molecular weight excluding hydrogens is 309 g/mol. The highest BCUT2D eigenvalue weighted by molar-refractivity contribution is 5.68. The van der Waals surface area contributed by atoms with Crippen molar-refractivity contribution in [2.24, 2.45) is 11.3 Å². The number of nitrogens with two attached hydrogens (primary N) is 1. The van der Waals surface area contributed by atoms with Crippen molar-refractivity contribution in [1.29, 1.82) is 5.26 Å². The van der Waals surface area contributed by atoms with Gasteiger partial charge in [-0.05, 0) is 30.5 Å². The van der Waals surface area contributed by atoms with Gasteiger partial charge < -0.3 is 20.5 Å². The van der Waals surface area contributed by atoms with Gasteiger partial charge in [-0.25, -0.2) is 0 Å². The second-order valence-electron chi connectivity index (χ2n) is 7.09. The van der Waals surface area contributed by atoms with Crippen molar-refractivity contribution in [2.45, 2.75) is 32.0 Å². The van der Waals surface area contributed by atoms with Crippen LogP contribution in [0.25, 0.3) is 0 Å². The molecule has 1 aliphatic heterocycles. The Balaban J connectivity index is 1.74. The molecule has 130 valence electrons. The number of anilines is 2. The summed E-state index contributed by atoms with van der Waals surface area (Å²) in [5, 5.41) is 12.3. The van der Waals surface area contributed by atoms with E-state index in [1.165, 1.54) is 0 Å². The molecule has 1 spiro atoms. The van der Waals surface area contributed by atoms with Gasteiger partial charge in [-0.15, -0.1) is 0 Å². The van der Waals surface area contributed by atoms with Crippen molar-refractivity contribution in [1.82, 2.24) is 0 Å². The number of rotatable bonds is 4. The van der Waals surface area contributed by atoms with E-state index >= 15 is 0 Å². The van der Waals surface area contributed by atoms with Gasteiger partial charge in [-0.3, -0.25) is 4.39 Å². The van der Waals surface area contributed by atoms with Gasteiger partial charge in [-0.2, -0.15) is 5.26 Å². The van der Waals surface area contributed by atoms with Crippen LogP contribution in [0.4, 0.5) is 15.8 Å². The van der Waals surface area contributed by atoms with Gasteiger partial charge in [0.25, 0.3) is 0 Å². The Kier molecular flexibility index (Phi) is 4.66. The number of hydrogen-bond acceptors (Lipinski definition) is 5. The quantitative estimate of drug-likeness (QED) is 0.828. The molecule has 3 N–H and O–H groups in total. The van der Waals surface area contributed by atoms with Crippen LogP contribution in [0.15, 0.2) is 18.2 Å². The number of benzene rings is 1. The van der Waals surface area contributed by atoms with E-state index in [1.807, 2.05) is 6.92 Å². The zero-order valence-electron chi connectivity index (χ0n) is 14.0. The average Bonchev–Trinajstić information content (AvgIpc) is 3.05. The summed E-state index contributed by atoms with van der Waals surface area (Å²) in [6, 6.07) is 7.22. The first kappa shape index (κ1) is 17.0. The van der Waals surface area contributed by atoms with E-state index < -0.39 is 11.2 Å². The fourth-order valence-corrected chi connectivity index (χ4v) is 3.67. The van der Waals surface area contributed by atoms with Crippen LogP contribution in [0, 0.1) is 22.7 Å². The minimum absolute atomic E-state index is 0.0551. The summed E-state index contributed by atoms with van der Waals surface area (Å²) in [6.07, 6.45) is 2.12. The van der Waals surface area contributed by atoms with Crippen molar-refractivity contribution in [3.63, 3.8) is 0 Å². The van der Waals surface area contributed by atoms with Gasteiger partial charge in [0.05, 0.1) is 42.9 Å². The highest BCUT2D eigenvalue weighted by atomic mass is 19.1. The Morgan fingerprint density at radius 3 is 2.79 bits per heavy atom. The SMILES string of the molecule is CC1(CF)CCC2(CC1CNc1cc(C#N)ccc1N)OCCO2. The Morgan fingerprint density at radius 2 is 2.12 bits per heavy atom. The van der Waals surface area contributed by atoms with Gasteiger partial charge in [0.2, 0.25) is 0 Å². The molecular formula is C18H24FN3O2. The summed E-state index contributed by atoms with van der Waals surface area (Å²) in [5.74, 6) is -0.499. The smallest absolute Gasteiger partial charge is 0.168 e. The normalized spacial score (nSPS) is 28.6. The lowest BCUT2D eigenvalue weighted by atomic mass is 9.66. The molecule has 0 amide bonds. The number of alkyl halides is 1. The van der Waals surface area contributed by atoms with Crippen LogP contribution in [0.5, 0.6) is 0 Å². The first-order valence-corrected chi connectivity index (χ1v) is 8.38. The molecule has 0 bridgehead atoms. The third kappa shape index (κ3) is 3.19. The van der Waals surface area contributed by atoms with E-state index in [2.05, 4.69) is 11.4 Å². The predicted molar refractivity (Wildman–Crippen MR) is 90.1 cm³/mol. The maximum atomic E-state index is 13.7. The number of nitrogen functional groups attached to an aromatic ring is 1. The van der Waals surface area contributed by atoms with Gasteiger partial charge in [0.15, 0.2) is 5.79 Å². The molecule has 2 fully saturated rings. The lowest BCUT2D eigenvalue weighted by molar-refractivity contribution is -0.205. The van der Waals surface area contributed by atoms with Crippen LogP contribution < -0.4 is 11.1 Å². The molecule has 2 aliphatic rings. The third-order valence-corrected chi connectivity index (χ3v) is 5.46. The summed E-state index contributed by atoms with van der Waals surface area (Å²) in [5.41, 5.74) is 7.41. The van der Waals surface area contributed by atoms with Gasteiger partial charge in [0.1, 0.15) is 0 Å². The van der Waals surface area contributed by atoms with E-state index in [1.54, 1.807) is 18.2 Å². The predicted octanol–water partition coefficient (Wildman–Crippen LogP) is 3.07. The number of nitrogens with one attached hydrogen (secondary N) is 1. The second kappa shape index (κ2) is 6.58. The molecule has 1 saturated heterocycles. The van der Waals surface area contributed by atoms with Crippen molar-refractivity contribution in [3.8, 4) is 6.07 Å². The van der Waals surface area contributed by atoms with Crippen molar-refractivity contribution in [3.05, 3.63) is 23.8 Å². The fraction of sp³-hybridized carbons (Fsp3) is 0.611. The molecule has 3 rings (SSSR count). The molecule has 0 radical (unpaired) electrons. The van der Waals surface area contributed by atoms with Gasteiger partial charge in [0, 0.05) is 24.8 Å². The van der Waals surface area contributed by atoms with Crippen molar-refractivity contribution in [2.75, 3.05) is 37.5 Å². The standard InChI is InChI=1S/C18H24FN3O2/c1-17(12-19)4-5-18(23-6-7-24-18)9-14(17)11-22-16-8-13(10-20)2-3-15(16)21/h2-3,8,14,22H,4-7,9,11-12,21H2,1H3. The molecule has 2 atom stereocenters. The molecule has 0 aromatic heterocycles. The van der Waals surface area contributed by atoms with Crippen LogP contribution >= 0.6 is 0 Å². The first-order valence-electron chi connectivity index (χ1n) is 8.38. The van der Waals surface area contributed by atoms with Crippen LogP contribution in [0.1, 0.15) is 31.7 Å². The minimum atomic E-state index is -0.554. The van der Waals surface area contributed by atoms with E-state index in [-0.39, 0.29) is 12.6 Å². The maximum Gasteiger partial charge on any atom is 0.168 e.